The molecule has 0 spiro atoms. The SMILES string of the molecule is CCOC(=O)CCCS(=O)(=O)CCc1ccc(C(CC)(c2ccc(CCC(O)C(C)(C)C)c(C)c2)C(C)I)cc1C. The summed E-state index contributed by atoms with van der Waals surface area (Å²) in [4.78, 5) is 11.5. The van der Waals surface area contributed by atoms with Crippen molar-refractivity contribution in [1.29, 1.82) is 0 Å². The molecule has 0 fully saturated rings. The number of carbonyl (C=O) groups excluding carboxylic acids is 1. The van der Waals surface area contributed by atoms with Crippen LogP contribution in [0.25, 0.3) is 0 Å². The van der Waals surface area contributed by atoms with Crippen LogP contribution in [0.2, 0.25) is 0 Å². The Morgan fingerprint density at radius 3 is 1.93 bits per heavy atom. The van der Waals surface area contributed by atoms with Crippen LogP contribution in [0.15, 0.2) is 36.4 Å². The van der Waals surface area contributed by atoms with Crippen LogP contribution in [0.5, 0.6) is 0 Å². The zero-order valence-corrected chi connectivity index (χ0v) is 29.3. The minimum atomic E-state index is -3.26. The van der Waals surface area contributed by atoms with Gasteiger partial charge in [-0.2, -0.15) is 0 Å². The van der Waals surface area contributed by atoms with Gasteiger partial charge in [0.1, 0.15) is 0 Å². The van der Waals surface area contributed by atoms with Gasteiger partial charge in [-0.15, -0.1) is 0 Å². The van der Waals surface area contributed by atoms with E-state index in [-0.39, 0.29) is 40.8 Å². The second-order valence-corrected chi connectivity index (χ2v) is 16.6. The van der Waals surface area contributed by atoms with Gasteiger partial charge in [-0.05, 0) is 91.7 Å². The van der Waals surface area contributed by atoms with E-state index in [1.165, 1.54) is 22.3 Å². The van der Waals surface area contributed by atoms with Crippen LogP contribution in [0.3, 0.4) is 0 Å². The Bertz CT molecular complexity index is 1260. The average molecular weight is 699 g/mol. The number of aliphatic hydroxyl groups is 1. The lowest BCUT2D eigenvalue weighted by Gasteiger charge is -2.38. The molecule has 41 heavy (non-hydrogen) atoms. The Hall–Kier alpha value is -1.45. The van der Waals surface area contributed by atoms with E-state index in [2.05, 4.69) is 107 Å². The van der Waals surface area contributed by atoms with Gasteiger partial charge in [-0.1, -0.05) is 93.6 Å². The van der Waals surface area contributed by atoms with E-state index in [1.807, 2.05) is 0 Å². The van der Waals surface area contributed by atoms with Crippen molar-refractivity contribution in [2.45, 2.75) is 109 Å². The Morgan fingerprint density at radius 1 is 0.951 bits per heavy atom. The summed E-state index contributed by atoms with van der Waals surface area (Å²) < 4.78 is 30.5. The highest BCUT2D eigenvalue weighted by atomic mass is 127. The van der Waals surface area contributed by atoms with Crippen molar-refractivity contribution < 1.29 is 23.1 Å². The van der Waals surface area contributed by atoms with Crippen LogP contribution in [0.1, 0.15) is 101 Å². The minimum Gasteiger partial charge on any atom is -0.466 e. The number of ether oxygens (including phenoxy) is 1. The molecular weight excluding hydrogens is 647 g/mol. The zero-order chi connectivity index (χ0) is 31.0. The number of hydrogen-bond donors (Lipinski definition) is 1. The van der Waals surface area contributed by atoms with Gasteiger partial charge in [-0.3, -0.25) is 4.79 Å². The van der Waals surface area contributed by atoms with Gasteiger partial charge < -0.3 is 9.84 Å². The quantitative estimate of drug-likeness (QED) is 0.119. The van der Waals surface area contributed by atoms with Crippen molar-refractivity contribution in [2.75, 3.05) is 18.1 Å². The Kier molecular flexibility index (Phi) is 13.4. The fourth-order valence-electron chi connectivity index (χ4n) is 5.59. The van der Waals surface area contributed by atoms with Crippen LogP contribution in [-0.4, -0.2) is 47.6 Å². The number of alkyl halides is 1. The number of halogens is 1. The maximum atomic E-state index is 12.6. The molecule has 0 bridgehead atoms. The number of hydrogen-bond acceptors (Lipinski definition) is 5. The maximum Gasteiger partial charge on any atom is 0.305 e. The van der Waals surface area contributed by atoms with Gasteiger partial charge in [0.2, 0.25) is 0 Å². The van der Waals surface area contributed by atoms with E-state index in [1.54, 1.807) is 6.92 Å². The largest absolute Gasteiger partial charge is 0.466 e. The highest BCUT2D eigenvalue weighted by molar-refractivity contribution is 14.1. The molecule has 0 aliphatic carbocycles. The first kappa shape index (κ1) is 35.7. The first-order chi connectivity index (χ1) is 19.1. The lowest BCUT2D eigenvalue weighted by atomic mass is 9.69. The summed E-state index contributed by atoms with van der Waals surface area (Å²) in [6, 6.07) is 13.3. The Balaban J connectivity index is 2.24. The molecule has 1 N–H and O–H groups in total. The van der Waals surface area contributed by atoms with E-state index in [4.69, 9.17) is 4.74 Å². The van der Waals surface area contributed by atoms with Crippen molar-refractivity contribution >= 4 is 38.4 Å². The Morgan fingerprint density at radius 2 is 1.49 bits per heavy atom. The number of rotatable bonds is 15. The van der Waals surface area contributed by atoms with Gasteiger partial charge in [0.05, 0.1) is 24.2 Å². The van der Waals surface area contributed by atoms with Crippen molar-refractivity contribution in [3.63, 3.8) is 0 Å². The summed E-state index contributed by atoms with van der Waals surface area (Å²) in [5, 5.41) is 10.5. The summed E-state index contributed by atoms with van der Waals surface area (Å²) in [7, 11) is -3.26. The summed E-state index contributed by atoms with van der Waals surface area (Å²) >= 11 is 2.54. The highest BCUT2D eigenvalue weighted by Gasteiger charge is 2.37. The molecule has 0 aromatic heterocycles. The minimum absolute atomic E-state index is 0.00124. The molecule has 0 aliphatic rings. The second kappa shape index (κ2) is 15.3. The van der Waals surface area contributed by atoms with Crippen LogP contribution in [-0.2, 0) is 37.6 Å². The van der Waals surface area contributed by atoms with Gasteiger partial charge in [0, 0.05) is 15.8 Å². The number of carbonyl (C=O) groups is 1. The number of aryl methyl sites for hydroxylation is 4. The van der Waals surface area contributed by atoms with E-state index in [0.717, 1.165) is 30.4 Å². The standard InChI is InChI=1S/C34H51IO5S/c1-9-34(26(5)35,29-16-13-27(24(3)22-29)15-18-31(36)33(6,7)8)30-17-14-28(25(4)23-30)19-21-41(38,39)20-11-12-32(37)40-10-2/h13-14,16-17,22-23,26,31,36H,9-12,15,18-21H2,1-8H3. The molecule has 3 atom stereocenters. The van der Waals surface area contributed by atoms with E-state index < -0.39 is 9.84 Å². The van der Waals surface area contributed by atoms with E-state index >= 15 is 0 Å². The van der Waals surface area contributed by atoms with Gasteiger partial charge in [0.15, 0.2) is 9.84 Å². The summed E-state index contributed by atoms with van der Waals surface area (Å²) in [6.45, 7) is 17.0. The van der Waals surface area contributed by atoms with Gasteiger partial charge >= 0.3 is 5.97 Å². The number of aliphatic hydroxyl groups excluding tert-OH is 1. The summed E-state index contributed by atoms with van der Waals surface area (Å²) in [5.74, 6) is -0.275. The van der Waals surface area contributed by atoms with Crippen LogP contribution >= 0.6 is 22.6 Å². The molecule has 7 heteroatoms. The normalized spacial score (nSPS) is 15.3. The number of benzene rings is 2. The molecule has 2 rings (SSSR count). The molecule has 0 saturated carbocycles. The van der Waals surface area contributed by atoms with Crippen LogP contribution < -0.4 is 0 Å². The fraction of sp³-hybridized carbons (Fsp3) is 0.618. The molecule has 0 amide bonds. The third kappa shape index (κ3) is 9.78. The van der Waals surface area contributed by atoms with Crippen LogP contribution in [0, 0.1) is 19.3 Å². The van der Waals surface area contributed by atoms with Gasteiger partial charge in [-0.25, -0.2) is 8.42 Å². The van der Waals surface area contributed by atoms with E-state index in [0.29, 0.717) is 23.4 Å². The first-order valence-electron chi connectivity index (χ1n) is 15.0. The molecule has 0 heterocycles. The second-order valence-electron chi connectivity index (χ2n) is 12.5. The van der Waals surface area contributed by atoms with Gasteiger partial charge in [0.25, 0.3) is 0 Å². The number of sulfone groups is 1. The van der Waals surface area contributed by atoms with Crippen LogP contribution in [0.4, 0.5) is 0 Å². The lowest BCUT2D eigenvalue weighted by molar-refractivity contribution is -0.143. The first-order valence-corrected chi connectivity index (χ1v) is 18.0. The monoisotopic (exact) mass is 698 g/mol. The van der Waals surface area contributed by atoms with Crippen molar-refractivity contribution in [3.05, 3.63) is 69.8 Å². The summed E-state index contributed by atoms with van der Waals surface area (Å²) in [5.41, 5.74) is 6.89. The third-order valence-corrected chi connectivity index (χ3v) is 11.3. The van der Waals surface area contributed by atoms with E-state index in [9.17, 15) is 18.3 Å². The molecule has 230 valence electrons. The number of esters is 1. The molecule has 0 saturated heterocycles. The lowest BCUT2D eigenvalue weighted by Crippen LogP contribution is -2.35. The Labute approximate surface area is 262 Å². The molecule has 0 radical (unpaired) electrons. The maximum absolute atomic E-state index is 12.6. The van der Waals surface area contributed by atoms with Crippen molar-refractivity contribution in [1.82, 2.24) is 0 Å². The topological polar surface area (TPSA) is 80.7 Å². The predicted octanol–water partition coefficient (Wildman–Crippen LogP) is 7.46. The highest BCUT2D eigenvalue weighted by Crippen LogP contribution is 2.43. The molecular formula is C34H51IO5S. The zero-order valence-electron chi connectivity index (χ0n) is 26.3. The average Bonchev–Trinajstić information content (AvgIpc) is 2.87. The molecule has 3 unspecified atom stereocenters. The molecule has 2 aromatic carbocycles. The smallest absolute Gasteiger partial charge is 0.305 e. The van der Waals surface area contributed by atoms with Crippen molar-refractivity contribution in [3.8, 4) is 0 Å². The molecule has 0 aliphatic heterocycles. The third-order valence-electron chi connectivity index (χ3n) is 8.46. The fourth-order valence-corrected chi connectivity index (χ4v) is 8.06. The molecule has 5 nitrogen and oxygen atoms in total. The molecule has 2 aromatic rings. The predicted molar refractivity (Wildman–Crippen MR) is 179 cm³/mol. The van der Waals surface area contributed by atoms with Crippen molar-refractivity contribution in [2.24, 2.45) is 5.41 Å². The summed E-state index contributed by atoms with van der Waals surface area (Å²) in [6.07, 6.45) is 3.07.